The molecule has 3 fully saturated rings. The maximum Gasteiger partial charge on any atom is 0.408 e. The van der Waals surface area contributed by atoms with E-state index >= 15 is 9.59 Å². The van der Waals surface area contributed by atoms with Gasteiger partial charge < -0.3 is 56.5 Å². The van der Waals surface area contributed by atoms with Gasteiger partial charge in [-0.05, 0) is 131 Å². The van der Waals surface area contributed by atoms with Crippen LogP contribution in [-0.4, -0.2) is 129 Å². The van der Waals surface area contributed by atoms with Crippen molar-refractivity contribution in [3.63, 3.8) is 0 Å². The fourth-order valence-electron chi connectivity index (χ4n) is 14.3. The summed E-state index contributed by atoms with van der Waals surface area (Å²) < 4.78 is 65.0. The number of ketones is 1. The number of hydrogen-bond acceptors (Lipinski definition) is 19. The monoisotopic (exact) mass is 1230 g/mol. The third kappa shape index (κ3) is 13.2. The highest BCUT2D eigenvalue weighted by atomic mass is 33.1. The van der Waals surface area contributed by atoms with Gasteiger partial charge in [-0.15, -0.1) is 0 Å². The molecule has 6 rings (SSSR count). The summed E-state index contributed by atoms with van der Waals surface area (Å²) in [5.41, 5.74) is -8.57. The lowest BCUT2D eigenvalue weighted by atomic mass is 9.44. The molecule has 1 aliphatic heterocycles. The summed E-state index contributed by atoms with van der Waals surface area (Å²) in [6.07, 6.45) is -5.02. The fourth-order valence-corrected chi connectivity index (χ4v) is 24.9. The average Bonchev–Trinajstić information content (AvgIpc) is 0.888. The molecule has 22 heteroatoms. The Hall–Kier alpha value is -3.91. The Morgan fingerprint density at radius 1 is 0.880 bits per heavy atom. The number of amides is 1. The van der Waals surface area contributed by atoms with Crippen molar-refractivity contribution in [3.8, 4) is 0 Å². The SMILES string of the molecule is CC[Si](CC)(CC)O[C@H]1C[C@H]2OC[C@@]2(OC(C)=O)[C@H]2[C@H](OC(=O)c3ccco3)[C@]3(O)C[C@H](OC(=O)[C@H](O[Si](C(C)C)(C(C)C)C(C)C)[C@@H](NC(=O)OC(C)(C)C)c4ccco4)C(C)=C([C@@H](OC(=O)CCC(C)(C)SSC)C(=O)[C@]12C)C3(C)C. The topological polar surface area (TPSA) is 235 Å². The van der Waals surface area contributed by atoms with E-state index in [9.17, 15) is 24.3 Å². The first-order chi connectivity index (χ1) is 38.5. The first-order valence-corrected chi connectivity index (χ1v) is 36.8. The van der Waals surface area contributed by atoms with E-state index in [-0.39, 0.29) is 63.5 Å². The van der Waals surface area contributed by atoms with Gasteiger partial charge in [-0.3, -0.25) is 14.4 Å². The molecule has 0 aromatic carbocycles. The third-order valence-corrected chi connectivity index (χ3v) is 32.2. The Labute approximate surface area is 502 Å². The van der Waals surface area contributed by atoms with Crippen molar-refractivity contribution < 1.29 is 80.0 Å². The molecule has 0 unspecified atom stereocenters. The molecule has 2 aromatic rings. The average molecular weight is 1230 g/mol. The quantitative estimate of drug-likeness (QED) is 0.0327. The van der Waals surface area contributed by atoms with Crippen LogP contribution >= 0.6 is 21.6 Å². The number of ether oxygens (including phenoxy) is 6. The lowest BCUT2D eigenvalue weighted by Crippen LogP contribution is -2.82. The highest BCUT2D eigenvalue weighted by Crippen LogP contribution is 2.65. The van der Waals surface area contributed by atoms with Crippen LogP contribution in [-0.2, 0) is 56.5 Å². The second kappa shape index (κ2) is 25.8. The molecular formula is C61H95NO17S2Si2. The zero-order valence-electron chi connectivity index (χ0n) is 52.8. The number of carbonyl (C=O) groups excluding carboxylic acids is 6. The molecule has 2 saturated carbocycles. The molecule has 0 spiro atoms. The van der Waals surface area contributed by atoms with Crippen molar-refractivity contribution >= 4 is 74.0 Å². The Bertz CT molecular complexity index is 2630. The number of fused-ring (bicyclic) bond motifs is 5. The highest BCUT2D eigenvalue weighted by Gasteiger charge is 2.79. The molecule has 4 aliphatic rings. The lowest BCUT2D eigenvalue weighted by molar-refractivity contribution is -0.344. The van der Waals surface area contributed by atoms with Gasteiger partial charge in [0.1, 0.15) is 41.3 Å². The van der Waals surface area contributed by atoms with E-state index < -0.39 is 135 Å². The molecule has 3 heterocycles. The number of furan rings is 2. The lowest BCUT2D eigenvalue weighted by Gasteiger charge is -2.68. The molecule has 11 atom stereocenters. The molecule has 83 heavy (non-hydrogen) atoms. The maximum absolute atomic E-state index is 17.1. The van der Waals surface area contributed by atoms with E-state index in [2.05, 4.69) is 26.1 Å². The van der Waals surface area contributed by atoms with Crippen LogP contribution in [0.3, 0.4) is 0 Å². The van der Waals surface area contributed by atoms with E-state index in [1.807, 2.05) is 61.6 Å². The van der Waals surface area contributed by atoms with Crippen molar-refractivity contribution in [1.82, 2.24) is 5.32 Å². The number of alkyl carbamates (subject to hydrolysis) is 1. The van der Waals surface area contributed by atoms with Gasteiger partial charge in [0.25, 0.3) is 0 Å². The predicted molar refractivity (Wildman–Crippen MR) is 322 cm³/mol. The summed E-state index contributed by atoms with van der Waals surface area (Å²) >= 11 is 0. The van der Waals surface area contributed by atoms with Gasteiger partial charge in [0.15, 0.2) is 31.9 Å². The van der Waals surface area contributed by atoms with Crippen LogP contribution in [0, 0.1) is 16.7 Å². The van der Waals surface area contributed by atoms with Crippen molar-refractivity contribution in [3.05, 3.63) is 59.5 Å². The van der Waals surface area contributed by atoms with Crippen molar-refractivity contribution in [2.45, 2.75) is 256 Å². The molecule has 2 N–H and O–H groups in total. The van der Waals surface area contributed by atoms with Gasteiger partial charge in [-0.1, -0.05) is 97.7 Å². The van der Waals surface area contributed by atoms with Gasteiger partial charge in [0, 0.05) is 36.3 Å². The minimum Gasteiger partial charge on any atom is -0.467 e. The van der Waals surface area contributed by atoms with E-state index in [1.54, 1.807) is 82.2 Å². The second-order valence-electron chi connectivity index (χ2n) is 26.5. The summed E-state index contributed by atoms with van der Waals surface area (Å²) in [4.78, 5) is 90.5. The number of aliphatic hydroxyl groups is 1. The number of hydrogen-bond donors (Lipinski definition) is 2. The highest BCUT2D eigenvalue weighted by molar-refractivity contribution is 8.76. The van der Waals surface area contributed by atoms with E-state index in [0.29, 0.717) is 24.6 Å². The molecule has 18 nitrogen and oxygen atoms in total. The fraction of sp³-hybridized carbons (Fsp3) is 0.738. The Balaban J connectivity index is 1.70. The van der Waals surface area contributed by atoms with Crippen LogP contribution in [0.1, 0.15) is 180 Å². The van der Waals surface area contributed by atoms with E-state index in [4.69, 9.17) is 46.1 Å². The molecule has 1 saturated heterocycles. The zero-order valence-corrected chi connectivity index (χ0v) is 56.4. The zero-order chi connectivity index (χ0) is 62.2. The summed E-state index contributed by atoms with van der Waals surface area (Å²) in [7, 11) is -2.68. The molecule has 3 aliphatic carbocycles. The summed E-state index contributed by atoms with van der Waals surface area (Å²) in [5.74, 6) is -5.61. The number of Topliss-reactive ketones (excluding diaryl/α,β-unsaturated/α-hetero) is 1. The smallest absolute Gasteiger partial charge is 0.408 e. The van der Waals surface area contributed by atoms with Crippen molar-refractivity contribution in [2.24, 2.45) is 16.7 Å². The first kappa shape index (κ1) is 68.2. The van der Waals surface area contributed by atoms with Gasteiger partial charge in [0.05, 0.1) is 36.6 Å². The summed E-state index contributed by atoms with van der Waals surface area (Å²) in [5, 5.41) is 17.5. The minimum absolute atomic E-state index is 0.0595. The molecular weight excluding hydrogens is 1140 g/mol. The Morgan fingerprint density at radius 2 is 1.48 bits per heavy atom. The predicted octanol–water partition coefficient (Wildman–Crippen LogP) is 12.8. The molecule has 466 valence electrons. The molecule has 1 amide bonds. The van der Waals surface area contributed by atoms with Crippen LogP contribution in [0.4, 0.5) is 4.79 Å². The molecule has 0 radical (unpaired) electrons. The summed E-state index contributed by atoms with van der Waals surface area (Å²) in [6.45, 7) is 35.3. The van der Waals surface area contributed by atoms with Gasteiger partial charge in [0.2, 0.25) is 14.1 Å². The standard InChI is InChI=1S/C61H95NO17S2Si2/c1-21-82(22-2,23-3)78-43-32-44-60(34-72-44,76-39(11)63)50-52(75-53(66)41-27-25-31-71-41)61(69)33-42(38(10)46(58(61,17)18)48(51(65)59(43,50)19)74-45(64)28-29-57(15,16)81-80-20)73-54(67)49(79-83(35(4)5,36(6)7)37(8)9)47(40-26-24-30-70-40)62-55(68)77-56(12,13)14/h24-27,30-31,35-37,42-44,47-50,52,69H,21-23,28-29,32-34H2,1-20H3,(H,62,68)/t42-,43-,44+,47-,48+,49+,50-,52-,59+,60-,61+/m0/s1. The van der Waals surface area contributed by atoms with Crippen molar-refractivity contribution in [1.29, 1.82) is 0 Å². The Morgan fingerprint density at radius 3 is 1.98 bits per heavy atom. The van der Waals surface area contributed by atoms with E-state index in [1.165, 1.54) is 31.6 Å². The minimum atomic E-state index is -3.13. The first-order valence-electron chi connectivity index (χ1n) is 29.6. The Kier molecular flexibility index (Phi) is 21.2. The van der Waals surface area contributed by atoms with Crippen LogP contribution in [0.5, 0.6) is 0 Å². The largest absolute Gasteiger partial charge is 0.467 e. The van der Waals surface area contributed by atoms with Crippen LogP contribution in [0.15, 0.2) is 56.8 Å². The van der Waals surface area contributed by atoms with Gasteiger partial charge in [-0.25, -0.2) is 14.4 Å². The van der Waals surface area contributed by atoms with Crippen LogP contribution in [0.2, 0.25) is 34.8 Å². The van der Waals surface area contributed by atoms with Crippen LogP contribution < -0.4 is 5.32 Å². The number of esters is 4. The number of carbonyl (C=O) groups is 6. The second-order valence-corrected chi connectivity index (χ2v) is 39.7. The third-order valence-electron chi connectivity index (χ3n) is 18.7. The van der Waals surface area contributed by atoms with Gasteiger partial charge >= 0.3 is 30.0 Å². The number of nitrogens with one attached hydrogen (secondary N) is 1. The van der Waals surface area contributed by atoms with Gasteiger partial charge in [-0.2, -0.15) is 0 Å². The molecule has 2 aromatic heterocycles. The maximum atomic E-state index is 17.1. The number of rotatable bonds is 24. The van der Waals surface area contributed by atoms with E-state index in [0.717, 1.165) is 0 Å². The normalized spacial score (nSPS) is 28.0. The van der Waals surface area contributed by atoms with Crippen molar-refractivity contribution in [2.75, 3.05) is 12.9 Å². The van der Waals surface area contributed by atoms with Crippen LogP contribution in [0.25, 0.3) is 0 Å². The summed E-state index contributed by atoms with van der Waals surface area (Å²) in [6, 6.07) is 6.82. The molecule has 2 bridgehead atoms.